The zero-order chi connectivity index (χ0) is 6.24. The van der Waals surface area contributed by atoms with Crippen LogP contribution >= 0.6 is 0 Å². The standard InChI is InChI=1S/C6H10O2/c1-8-6-4-2-3-5-7/h2-3,5H,4,6H2,1H3/b3-2+. The topological polar surface area (TPSA) is 26.3 Å². The lowest BCUT2D eigenvalue weighted by molar-refractivity contribution is -0.104. The fourth-order valence-corrected chi connectivity index (χ4v) is 0.338. The van der Waals surface area contributed by atoms with E-state index in [0.717, 1.165) is 12.7 Å². The van der Waals surface area contributed by atoms with Gasteiger partial charge in [-0.25, -0.2) is 0 Å². The summed E-state index contributed by atoms with van der Waals surface area (Å²) in [5.41, 5.74) is 0. The zero-order valence-corrected chi connectivity index (χ0v) is 4.96. The first-order valence-electron chi connectivity index (χ1n) is 2.51. The molecule has 0 rings (SSSR count). The van der Waals surface area contributed by atoms with E-state index >= 15 is 0 Å². The SMILES string of the molecule is COCC/C=C/C=O. The number of hydrogen-bond donors (Lipinski definition) is 0. The Bertz CT molecular complexity index is 76.6. The predicted molar refractivity (Wildman–Crippen MR) is 31.7 cm³/mol. The minimum atomic E-state index is 0.685. The number of aldehydes is 1. The van der Waals surface area contributed by atoms with Crippen molar-refractivity contribution in [2.75, 3.05) is 13.7 Å². The maximum absolute atomic E-state index is 9.64. The molecular formula is C6H10O2. The Morgan fingerprint density at radius 1 is 1.62 bits per heavy atom. The highest BCUT2D eigenvalue weighted by molar-refractivity contribution is 5.64. The van der Waals surface area contributed by atoms with Crippen LogP contribution in [0.15, 0.2) is 12.2 Å². The summed E-state index contributed by atoms with van der Waals surface area (Å²) in [5.74, 6) is 0. The van der Waals surface area contributed by atoms with Crippen LogP contribution in [0.5, 0.6) is 0 Å². The minimum Gasteiger partial charge on any atom is -0.384 e. The summed E-state index contributed by atoms with van der Waals surface area (Å²) in [6.07, 6.45) is 4.82. The normalized spacial score (nSPS) is 10.1. The molecule has 0 aromatic heterocycles. The average molecular weight is 114 g/mol. The average Bonchev–Trinajstić information content (AvgIpc) is 1.81. The molecule has 0 fully saturated rings. The Hall–Kier alpha value is -0.630. The number of carbonyl (C=O) groups excluding carboxylic acids is 1. The molecule has 0 N–H and O–H groups in total. The van der Waals surface area contributed by atoms with Gasteiger partial charge in [0.15, 0.2) is 0 Å². The molecule has 0 atom stereocenters. The molecule has 0 unspecified atom stereocenters. The van der Waals surface area contributed by atoms with Crippen LogP contribution in [0.25, 0.3) is 0 Å². The Kier molecular flexibility index (Phi) is 5.87. The van der Waals surface area contributed by atoms with Gasteiger partial charge in [0.25, 0.3) is 0 Å². The second-order valence-corrected chi connectivity index (χ2v) is 1.35. The molecule has 0 spiro atoms. The van der Waals surface area contributed by atoms with Crippen molar-refractivity contribution in [2.24, 2.45) is 0 Å². The zero-order valence-electron chi connectivity index (χ0n) is 4.96. The number of carbonyl (C=O) groups is 1. The van der Waals surface area contributed by atoms with E-state index in [-0.39, 0.29) is 0 Å². The largest absolute Gasteiger partial charge is 0.384 e. The van der Waals surface area contributed by atoms with Crippen molar-refractivity contribution in [3.05, 3.63) is 12.2 Å². The third kappa shape index (κ3) is 5.37. The van der Waals surface area contributed by atoms with Crippen LogP contribution in [0.4, 0.5) is 0 Å². The molecular weight excluding hydrogens is 104 g/mol. The van der Waals surface area contributed by atoms with Crippen molar-refractivity contribution in [1.29, 1.82) is 0 Å². The van der Waals surface area contributed by atoms with Gasteiger partial charge < -0.3 is 4.74 Å². The number of rotatable bonds is 4. The lowest BCUT2D eigenvalue weighted by Crippen LogP contribution is -1.83. The third-order valence-electron chi connectivity index (χ3n) is 0.703. The van der Waals surface area contributed by atoms with Gasteiger partial charge >= 0.3 is 0 Å². The second-order valence-electron chi connectivity index (χ2n) is 1.35. The smallest absolute Gasteiger partial charge is 0.142 e. The van der Waals surface area contributed by atoms with Gasteiger partial charge in [0.05, 0.1) is 0 Å². The maximum atomic E-state index is 9.64. The van der Waals surface area contributed by atoms with Gasteiger partial charge in [-0.3, -0.25) is 4.79 Å². The van der Waals surface area contributed by atoms with Crippen molar-refractivity contribution in [1.82, 2.24) is 0 Å². The predicted octanol–water partition coefficient (Wildman–Crippen LogP) is 0.778. The molecule has 46 valence electrons. The van der Waals surface area contributed by atoms with Gasteiger partial charge in [-0.05, 0) is 12.5 Å². The van der Waals surface area contributed by atoms with Gasteiger partial charge in [0.1, 0.15) is 6.29 Å². The van der Waals surface area contributed by atoms with E-state index in [1.54, 1.807) is 13.2 Å². The van der Waals surface area contributed by atoms with Gasteiger partial charge in [0, 0.05) is 13.7 Å². The van der Waals surface area contributed by atoms with Crippen molar-refractivity contribution in [3.8, 4) is 0 Å². The van der Waals surface area contributed by atoms with E-state index in [9.17, 15) is 4.79 Å². The van der Waals surface area contributed by atoms with Crippen molar-refractivity contribution >= 4 is 6.29 Å². The summed E-state index contributed by atoms with van der Waals surface area (Å²) in [7, 11) is 1.63. The number of methoxy groups -OCH3 is 1. The quantitative estimate of drug-likeness (QED) is 0.306. The lowest BCUT2D eigenvalue weighted by atomic mass is 10.4. The molecule has 0 saturated heterocycles. The van der Waals surface area contributed by atoms with Crippen LogP contribution in [-0.4, -0.2) is 20.0 Å². The molecule has 0 aromatic carbocycles. The molecule has 0 aliphatic rings. The highest BCUT2D eigenvalue weighted by Crippen LogP contribution is 1.79. The summed E-state index contributed by atoms with van der Waals surface area (Å²) in [6, 6.07) is 0. The fourth-order valence-electron chi connectivity index (χ4n) is 0.338. The molecule has 0 radical (unpaired) electrons. The monoisotopic (exact) mass is 114 g/mol. The maximum Gasteiger partial charge on any atom is 0.142 e. The Morgan fingerprint density at radius 2 is 2.38 bits per heavy atom. The Labute approximate surface area is 49.1 Å². The van der Waals surface area contributed by atoms with Crippen molar-refractivity contribution < 1.29 is 9.53 Å². The van der Waals surface area contributed by atoms with Crippen LogP contribution in [0.1, 0.15) is 6.42 Å². The van der Waals surface area contributed by atoms with Crippen molar-refractivity contribution in [3.63, 3.8) is 0 Å². The summed E-state index contributed by atoms with van der Waals surface area (Å²) in [5, 5.41) is 0. The molecule has 0 bridgehead atoms. The Morgan fingerprint density at radius 3 is 2.88 bits per heavy atom. The number of hydrogen-bond acceptors (Lipinski definition) is 2. The molecule has 0 aliphatic carbocycles. The molecule has 0 amide bonds. The number of ether oxygens (including phenoxy) is 1. The first-order valence-corrected chi connectivity index (χ1v) is 2.51. The molecule has 2 heteroatoms. The number of allylic oxidation sites excluding steroid dienone is 1. The summed E-state index contributed by atoms with van der Waals surface area (Å²) < 4.78 is 4.72. The van der Waals surface area contributed by atoms with Gasteiger partial charge in [-0.15, -0.1) is 0 Å². The van der Waals surface area contributed by atoms with E-state index in [0.29, 0.717) is 6.61 Å². The molecule has 0 aliphatic heterocycles. The highest BCUT2D eigenvalue weighted by atomic mass is 16.5. The van der Waals surface area contributed by atoms with E-state index < -0.39 is 0 Å². The highest BCUT2D eigenvalue weighted by Gasteiger charge is 1.73. The van der Waals surface area contributed by atoms with E-state index in [1.807, 2.05) is 0 Å². The van der Waals surface area contributed by atoms with Gasteiger partial charge in [-0.2, -0.15) is 0 Å². The van der Waals surface area contributed by atoms with Crippen molar-refractivity contribution in [2.45, 2.75) is 6.42 Å². The van der Waals surface area contributed by atoms with Gasteiger partial charge in [0.2, 0.25) is 0 Å². The molecule has 0 aromatic rings. The molecule has 0 heterocycles. The summed E-state index contributed by atoms with van der Waals surface area (Å²) >= 11 is 0. The minimum absolute atomic E-state index is 0.685. The first kappa shape index (κ1) is 7.37. The van der Waals surface area contributed by atoms with E-state index in [1.165, 1.54) is 6.08 Å². The van der Waals surface area contributed by atoms with E-state index in [2.05, 4.69) is 0 Å². The second kappa shape index (κ2) is 6.37. The summed E-state index contributed by atoms with van der Waals surface area (Å²) in [4.78, 5) is 9.64. The van der Waals surface area contributed by atoms with Crippen LogP contribution < -0.4 is 0 Å². The lowest BCUT2D eigenvalue weighted by Gasteiger charge is -1.87. The Balaban J connectivity index is 2.91. The van der Waals surface area contributed by atoms with E-state index in [4.69, 9.17) is 4.74 Å². The molecule has 8 heavy (non-hydrogen) atoms. The van der Waals surface area contributed by atoms with Gasteiger partial charge in [-0.1, -0.05) is 6.08 Å². The summed E-state index contributed by atoms with van der Waals surface area (Å²) in [6.45, 7) is 0.685. The fraction of sp³-hybridized carbons (Fsp3) is 0.500. The van der Waals surface area contributed by atoms with Crippen LogP contribution in [-0.2, 0) is 9.53 Å². The molecule has 0 saturated carbocycles. The van der Waals surface area contributed by atoms with Crippen LogP contribution in [0, 0.1) is 0 Å². The van der Waals surface area contributed by atoms with Crippen LogP contribution in [0.3, 0.4) is 0 Å². The third-order valence-corrected chi connectivity index (χ3v) is 0.703. The first-order chi connectivity index (χ1) is 3.91. The van der Waals surface area contributed by atoms with Crippen LogP contribution in [0.2, 0.25) is 0 Å². The molecule has 2 nitrogen and oxygen atoms in total.